The van der Waals surface area contributed by atoms with E-state index in [1.54, 1.807) is 24.3 Å². The molecule has 0 unspecified atom stereocenters. The Labute approximate surface area is 195 Å². The summed E-state index contributed by atoms with van der Waals surface area (Å²) in [5, 5.41) is 10.4. The summed E-state index contributed by atoms with van der Waals surface area (Å²) in [6.07, 6.45) is 2.01. The van der Waals surface area contributed by atoms with Crippen LogP contribution in [0.2, 0.25) is 0 Å². The van der Waals surface area contributed by atoms with Gasteiger partial charge in [0, 0.05) is 37.4 Å². The third-order valence-corrected chi connectivity index (χ3v) is 6.41. The number of nitrogens with one attached hydrogen (secondary N) is 3. The Kier molecular flexibility index (Phi) is 6.07. The molecule has 0 radical (unpaired) electrons. The molecule has 9 nitrogen and oxygen atoms in total. The van der Waals surface area contributed by atoms with Crippen LogP contribution in [-0.4, -0.2) is 56.5 Å². The van der Waals surface area contributed by atoms with Crippen molar-refractivity contribution in [3.8, 4) is 0 Å². The molecule has 0 aliphatic carbocycles. The molecule has 1 aliphatic heterocycles. The molecule has 0 saturated carbocycles. The summed E-state index contributed by atoms with van der Waals surface area (Å²) in [4.78, 5) is 46.9. The normalized spacial score (nSPS) is 14.5. The number of rotatable bonds is 6. The number of hydrogen-bond acceptors (Lipinski definition) is 5. The molecule has 0 atom stereocenters. The summed E-state index contributed by atoms with van der Waals surface area (Å²) >= 11 is 0. The fraction of sp³-hybridized carbons (Fsp3) is 0.320. The minimum Gasteiger partial charge on any atom is -0.355 e. The van der Waals surface area contributed by atoms with Crippen LogP contribution < -0.4 is 10.9 Å². The van der Waals surface area contributed by atoms with Crippen LogP contribution in [0.1, 0.15) is 36.7 Å². The standard InChI is InChI=1S/C25H26N6O3/c32-22(15-21-17-5-1-2-6-18(17)25(34)30-29-21)26-12-9-23(33)31-13-10-16(11-14-31)24-27-19-7-3-4-8-20(19)28-24/h1-8,16H,9-15H2,(H,26,32)(H,27,28)(H,30,34). The number of hydrogen-bond donors (Lipinski definition) is 3. The number of likely N-dealkylation sites (tertiary alicyclic amines) is 1. The van der Waals surface area contributed by atoms with E-state index in [4.69, 9.17) is 4.98 Å². The maximum atomic E-state index is 12.6. The van der Waals surface area contributed by atoms with Crippen LogP contribution >= 0.6 is 0 Å². The van der Waals surface area contributed by atoms with Gasteiger partial charge >= 0.3 is 0 Å². The lowest BCUT2D eigenvalue weighted by atomic mass is 9.96. The number of piperidine rings is 1. The van der Waals surface area contributed by atoms with Gasteiger partial charge in [-0.05, 0) is 31.0 Å². The third-order valence-electron chi connectivity index (χ3n) is 6.41. The lowest BCUT2D eigenvalue weighted by Crippen LogP contribution is -2.40. The molecule has 9 heteroatoms. The van der Waals surface area contributed by atoms with E-state index in [0.29, 0.717) is 35.5 Å². The van der Waals surface area contributed by atoms with E-state index in [1.807, 2.05) is 29.2 Å². The lowest BCUT2D eigenvalue weighted by molar-refractivity contribution is -0.132. The van der Waals surface area contributed by atoms with Gasteiger partial charge in [-0.2, -0.15) is 5.10 Å². The predicted octanol–water partition coefficient (Wildman–Crippen LogP) is 2.25. The molecule has 2 aromatic heterocycles. The number of carbonyl (C=O) groups excluding carboxylic acids is 2. The molecule has 0 bridgehead atoms. The van der Waals surface area contributed by atoms with Crippen molar-refractivity contribution in [2.45, 2.75) is 31.6 Å². The summed E-state index contributed by atoms with van der Waals surface area (Å²) in [7, 11) is 0. The van der Waals surface area contributed by atoms with Gasteiger partial charge in [0.15, 0.2) is 0 Å². The predicted molar refractivity (Wildman–Crippen MR) is 128 cm³/mol. The minimum atomic E-state index is -0.283. The number of benzene rings is 2. The third kappa shape index (κ3) is 4.54. The zero-order valence-electron chi connectivity index (χ0n) is 18.7. The minimum absolute atomic E-state index is 0.0361. The summed E-state index contributed by atoms with van der Waals surface area (Å²) in [5.74, 6) is 1.11. The molecule has 5 rings (SSSR count). The van der Waals surface area contributed by atoms with Crippen molar-refractivity contribution in [1.29, 1.82) is 0 Å². The molecule has 34 heavy (non-hydrogen) atoms. The van der Waals surface area contributed by atoms with E-state index in [9.17, 15) is 14.4 Å². The van der Waals surface area contributed by atoms with E-state index in [2.05, 4.69) is 20.5 Å². The maximum Gasteiger partial charge on any atom is 0.272 e. The first-order valence-electron chi connectivity index (χ1n) is 11.5. The highest BCUT2D eigenvalue weighted by atomic mass is 16.2. The molecule has 2 amide bonds. The Bertz CT molecular complexity index is 1370. The van der Waals surface area contributed by atoms with E-state index >= 15 is 0 Å². The zero-order valence-corrected chi connectivity index (χ0v) is 18.7. The van der Waals surface area contributed by atoms with Crippen LogP contribution in [-0.2, 0) is 16.0 Å². The van der Waals surface area contributed by atoms with E-state index in [-0.39, 0.29) is 36.8 Å². The Hall–Kier alpha value is -4.01. The molecule has 1 fully saturated rings. The number of nitrogens with zero attached hydrogens (tertiary/aromatic N) is 3. The number of amides is 2. The van der Waals surface area contributed by atoms with Crippen molar-refractivity contribution >= 4 is 33.6 Å². The lowest BCUT2D eigenvalue weighted by Gasteiger charge is -2.31. The Morgan fingerprint density at radius 1 is 1.03 bits per heavy atom. The number of fused-ring (bicyclic) bond motifs is 2. The number of aromatic amines is 2. The first-order chi connectivity index (χ1) is 16.6. The number of carbonyl (C=O) groups is 2. The average Bonchev–Trinajstić information content (AvgIpc) is 3.30. The van der Waals surface area contributed by atoms with E-state index in [1.165, 1.54) is 0 Å². The van der Waals surface area contributed by atoms with E-state index in [0.717, 1.165) is 29.7 Å². The average molecular weight is 459 g/mol. The second-order valence-electron chi connectivity index (χ2n) is 8.62. The summed E-state index contributed by atoms with van der Waals surface area (Å²) in [5.41, 5.74) is 2.23. The Morgan fingerprint density at radius 2 is 1.76 bits per heavy atom. The van der Waals surface area contributed by atoms with Crippen LogP contribution in [0.5, 0.6) is 0 Å². The second-order valence-corrected chi connectivity index (χ2v) is 8.62. The largest absolute Gasteiger partial charge is 0.355 e. The van der Waals surface area contributed by atoms with Crippen molar-refractivity contribution in [1.82, 2.24) is 30.4 Å². The molecule has 174 valence electrons. The van der Waals surface area contributed by atoms with Gasteiger partial charge in [0.05, 0.1) is 28.5 Å². The monoisotopic (exact) mass is 458 g/mol. The molecular weight excluding hydrogens is 432 g/mol. The second kappa shape index (κ2) is 9.46. The first-order valence-corrected chi connectivity index (χ1v) is 11.5. The quantitative estimate of drug-likeness (QED) is 0.409. The van der Waals surface area contributed by atoms with Crippen LogP contribution in [0.15, 0.2) is 53.3 Å². The van der Waals surface area contributed by atoms with Gasteiger partial charge in [-0.1, -0.05) is 30.3 Å². The first kappa shape index (κ1) is 21.8. The summed E-state index contributed by atoms with van der Waals surface area (Å²) < 4.78 is 0. The molecule has 3 heterocycles. The molecule has 3 N–H and O–H groups in total. The molecule has 0 spiro atoms. The number of imidazole rings is 1. The summed E-state index contributed by atoms with van der Waals surface area (Å²) in [6.45, 7) is 1.63. The molecule has 4 aromatic rings. The topological polar surface area (TPSA) is 124 Å². The smallest absolute Gasteiger partial charge is 0.272 e. The van der Waals surface area contributed by atoms with Crippen molar-refractivity contribution in [2.24, 2.45) is 0 Å². The summed E-state index contributed by atoms with van der Waals surface area (Å²) in [6, 6.07) is 15.0. The highest BCUT2D eigenvalue weighted by molar-refractivity contribution is 5.88. The van der Waals surface area contributed by atoms with Crippen LogP contribution in [0, 0.1) is 0 Å². The van der Waals surface area contributed by atoms with Crippen LogP contribution in [0.25, 0.3) is 21.8 Å². The van der Waals surface area contributed by atoms with Gasteiger partial charge in [-0.3, -0.25) is 14.4 Å². The van der Waals surface area contributed by atoms with Gasteiger partial charge in [0.2, 0.25) is 11.8 Å². The molecule has 1 aliphatic rings. The zero-order chi connectivity index (χ0) is 23.5. The van der Waals surface area contributed by atoms with Crippen molar-refractivity contribution in [3.63, 3.8) is 0 Å². The van der Waals surface area contributed by atoms with Crippen molar-refractivity contribution < 1.29 is 9.59 Å². The highest BCUT2D eigenvalue weighted by Crippen LogP contribution is 2.27. The molecular formula is C25H26N6O3. The van der Waals surface area contributed by atoms with Crippen molar-refractivity contribution in [2.75, 3.05) is 19.6 Å². The van der Waals surface area contributed by atoms with Gasteiger partial charge in [-0.25, -0.2) is 10.1 Å². The number of para-hydroxylation sites is 2. The number of H-pyrrole nitrogens is 2. The van der Waals surface area contributed by atoms with E-state index < -0.39 is 0 Å². The van der Waals surface area contributed by atoms with Crippen molar-refractivity contribution in [3.05, 3.63) is 70.4 Å². The SMILES string of the molecule is O=C(Cc1n[nH]c(=O)c2ccccc12)NCCC(=O)N1CCC(c2nc3ccccc3[nH]2)CC1. The molecule has 1 saturated heterocycles. The van der Waals surface area contributed by atoms with Gasteiger partial charge in [0.25, 0.3) is 5.56 Å². The maximum absolute atomic E-state index is 12.6. The Balaban J connectivity index is 1.09. The van der Waals surface area contributed by atoms with Crippen LogP contribution in [0.3, 0.4) is 0 Å². The fourth-order valence-electron chi connectivity index (χ4n) is 4.56. The number of aromatic nitrogens is 4. The molecule has 2 aromatic carbocycles. The highest BCUT2D eigenvalue weighted by Gasteiger charge is 2.25. The van der Waals surface area contributed by atoms with Gasteiger partial charge in [0.1, 0.15) is 5.82 Å². The van der Waals surface area contributed by atoms with Gasteiger partial charge in [-0.15, -0.1) is 0 Å². The Morgan fingerprint density at radius 3 is 2.56 bits per heavy atom. The fourth-order valence-corrected chi connectivity index (χ4v) is 4.56. The van der Waals surface area contributed by atoms with Gasteiger partial charge < -0.3 is 15.2 Å². The van der Waals surface area contributed by atoms with Crippen LogP contribution in [0.4, 0.5) is 0 Å².